The molecule has 0 aliphatic carbocycles. The molecule has 162 valence electrons. The zero-order valence-corrected chi connectivity index (χ0v) is 17.9. The van der Waals surface area contributed by atoms with Gasteiger partial charge in [-0.2, -0.15) is 0 Å². The monoisotopic (exact) mass is 415 g/mol. The van der Waals surface area contributed by atoms with Gasteiger partial charge >= 0.3 is 5.97 Å². The van der Waals surface area contributed by atoms with Gasteiger partial charge in [0.1, 0.15) is 17.2 Å². The van der Waals surface area contributed by atoms with E-state index in [4.69, 9.17) is 18.9 Å². The molecular formula is C23H29NO6. The largest absolute Gasteiger partial charge is 0.497 e. The maximum absolute atomic E-state index is 12.1. The number of rotatable bonds is 11. The SMILES string of the molecule is COc1ccc(OC)c(C(C)NC(=O)COC(=O)CCCOc2cccc(C)c2)c1. The van der Waals surface area contributed by atoms with Crippen molar-refractivity contribution >= 4 is 11.9 Å². The number of aryl methyl sites for hydroxylation is 1. The van der Waals surface area contributed by atoms with E-state index in [0.29, 0.717) is 24.5 Å². The second-order valence-electron chi connectivity index (χ2n) is 6.83. The summed E-state index contributed by atoms with van der Waals surface area (Å²) in [5, 5.41) is 2.80. The fourth-order valence-electron chi connectivity index (χ4n) is 2.87. The molecule has 7 heteroatoms. The summed E-state index contributed by atoms with van der Waals surface area (Å²) in [5.74, 6) is 1.23. The number of methoxy groups -OCH3 is 2. The van der Waals surface area contributed by atoms with Crippen molar-refractivity contribution in [1.29, 1.82) is 0 Å². The Morgan fingerprint density at radius 2 is 1.83 bits per heavy atom. The maximum atomic E-state index is 12.1. The highest BCUT2D eigenvalue weighted by Crippen LogP contribution is 2.29. The predicted octanol–water partition coefficient (Wildman–Crippen LogP) is 3.59. The number of benzene rings is 2. The van der Waals surface area contributed by atoms with Crippen LogP contribution < -0.4 is 19.5 Å². The average molecular weight is 415 g/mol. The molecule has 1 amide bonds. The zero-order valence-electron chi connectivity index (χ0n) is 17.9. The first-order valence-electron chi connectivity index (χ1n) is 9.79. The lowest BCUT2D eigenvalue weighted by Crippen LogP contribution is -2.31. The van der Waals surface area contributed by atoms with Gasteiger partial charge < -0.3 is 24.3 Å². The third kappa shape index (κ3) is 7.31. The second kappa shape index (κ2) is 11.7. The van der Waals surface area contributed by atoms with Crippen molar-refractivity contribution < 1.29 is 28.5 Å². The van der Waals surface area contributed by atoms with Gasteiger partial charge in [0.25, 0.3) is 5.91 Å². The Bertz CT molecular complexity index is 851. The van der Waals surface area contributed by atoms with E-state index in [9.17, 15) is 9.59 Å². The van der Waals surface area contributed by atoms with Gasteiger partial charge in [0.2, 0.25) is 0 Å². The van der Waals surface area contributed by atoms with Crippen molar-refractivity contribution in [3.05, 3.63) is 53.6 Å². The zero-order chi connectivity index (χ0) is 21.9. The summed E-state index contributed by atoms with van der Waals surface area (Å²) in [4.78, 5) is 24.0. The molecule has 0 aliphatic heterocycles. The van der Waals surface area contributed by atoms with Crippen LogP contribution in [0.3, 0.4) is 0 Å². The van der Waals surface area contributed by atoms with E-state index in [2.05, 4.69) is 5.32 Å². The van der Waals surface area contributed by atoms with Crippen LogP contribution in [0.15, 0.2) is 42.5 Å². The highest BCUT2D eigenvalue weighted by molar-refractivity contribution is 5.80. The molecule has 2 rings (SSSR count). The molecule has 0 aliphatic rings. The Labute approximate surface area is 177 Å². The molecule has 0 spiro atoms. The Hall–Kier alpha value is -3.22. The molecule has 0 fully saturated rings. The van der Waals surface area contributed by atoms with Gasteiger partial charge in [-0.15, -0.1) is 0 Å². The molecule has 30 heavy (non-hydrogen) atoms. The van der Waals surface area contributed by atoms with Gasteiger partial charge in [-0.05, 0) is 56.2 Å². The van der Waals surface area contributed by atoms with E-state index < -0.39 is 11.9 Å². The molecule has 2 aromatic rings. The van der Waals surface area contributed by atoms with E-state index in [-0.39, 0.29) is 19.1 Å². The van der Waals surface area contributed by atoms with Crippen LogP contribution in [0.25, 0.3) is 0 Å². The predicted molar refractivity (Wildman–Crippen MR) is 113 cm³/mol. The van der Waals surface area contributed by atoms with E-state index in [1.54, 1.807) is 32.4 Å². The summed E-state index contributed by atoms with van der Waals surface area (Å²) in [7, 11) is 3.13. The van der Waals surface area contributed by atoms with E-state index in [1.165, 1.54) is 0 Å². The average Bonchev–Trinajstić information content (AvgIpc) is 2.74. The second-order valence-corrected chi connectivity index (χ2v) is 6.83. The number of carbonyl (C=O) groups excluding carboxylic acids is 2. The highest BCUT2D eigenvalue weighted by atomic mass is 16.5. The minimum Gasteiger partial charge on any atom is -0.497 e. The minimum absolute atomic E-state index is 0.179. The van der Waals surface area contributed by atoms with Gasteiger partial charge in [0, 0.05) is 12.0 Å². The van der Waals surface area contributed by atoms with Crippen molar-refractivity contribution in [3.8, 4) is 17.2 Å². The Balaban J connectivity index is 1.71. The molecule has 0 saturated heterocycles. The number of amides is 1. The summed E-state index contributed by atoms with van der Waals surface area (Å²) in [5.41, 5.74) is 1.88. The van der Waals surface area contributed by atoms with E-state index in [1.807, 2.05) is 38.1 Å². The molecule has 0 aromatic heterocycles. The molecular weight excluding hydrogens is 386 g/mol. The third-order valence-corrected chi connectivity index (χ3v) is 4.43. The lowest BCUT2D eigenvalue weighted by molar-refractivity contribution is -0.148. The standard InChI is InChI=1S/C23H29NO6/c1-16-7-5-8-19(13-16)29-12-6-9-23(26)30-15-22(25)24-17(2)20-14-18(27-3)10-11-21(20)28-4/h5,7-8,10-11,13-14,17H,6,9,12,15H2,1-4H3,(H,24,25). The van der Waals surface area contributed by atoms with Gasteiger partial charge in [0.05, 0.1) is 26.9 Å². The van der Waals surface area contributed by atoms with Crippen LogP contribution in [0.5, 0.6) is 17.2 Å². The van der Waals surface area contributed by atoms with Crippen LogP contribution in [0.1, 0.15) is 36.9 Å². The molecule has 1 atom stereocenters. The van der Waals surface area contributed by atoms with Crippen LogP contribution in [0.4, 0.5) is 0 Å². The molecule has 0 saturated carbocycles. The smallest absolute Gasteiger partial charge is 0.306 e. The van der Waals surface area contributed by atoms with Gasteiger partial charge in [0.15, 0.2) is 6.61 Å². The molecule has 1 N–H and O–H groups in total. The van der Waals surface area contributed by atoms with Gasteiger partial charge in [-0.3, -0.25) is 9.59 Å². The van der Waals surface area contributed by atoms with Crippen LogP contribution in [0.2, 0.25) is 0 Å². The van der Waals surface area contributed by atoms with Crippen LogP contribution in [-0.2, 0) is 14.3 Å². The number of esters is 1. The van der Waals surface area contributed by atoms with Crippen molar-refractivity contribution in [2.24, 2.45) is 0 Å². The fraction of sp³-hybridized carbons (Fsp3) is 0.391. The van der Waals surface area contributed by atoms with Crippen LogP contribution >= 0.6 is 0 Å². The quantitative estimate of drug-likeness (QED) is 0.446. The first-order chi connectivity index (χ1) is 14.4. The van der Waals surface area contributed by atoms with E-state index in [0.717, 1.165) is 16.9 Å². The summed E-state index contributed by atoms with van der Waals surface area (Å²) >= 11 is 0. The third-order valence-electron chi connectivity index (χ3n) is 4.43. The molecule has 0 bridgehead atoms. The maximum Gasteiger partial charge on any atom is 0.306 e. The number of hydrogen-bond acceptors (Lipinski definition) is 6. The van der Waals surface area contributed by atoms with Crippen LogP contribution in [-0.4, -0.2) is 39.3 Å². The Morgan fingerprint density at radius 3 is 2.53 bits per heavy atom. The van der Waals surface area contributed by atoms with E-state index >= 15 is 0 Å². The van der Waals surface area contributed by atoms with Gasteiger partial charge in [-0.25, -0.2) is 0 Å². The fourth-order valence-corrected chi connectivity index (χ4v) is 2.87. The minimum atomic E-state index is -0.440. The first-order valence-corrected chi connectivity index (χ1v) is 9.79. The normalized spacial score (nSPS) is 11.3. The molecule has 0 radical (unpaired) electrons. The lowest BCUT2D eigenvalue weighted by Gasteiger charge is -2.18. The van der Waals surface area contributed by atoms with Crippen molar-refractivity contribution in [2.75, 3.05) is 27.4 Å². The summed E-state index contributed by atoms with van der Waals surface area (Å²) in [6, 6.07) is 12.7. The Morgan fingerprint density at radius 1 is 1.03 bits per heavy atom. The number of hydrogen-bond donors (Lipinski definition) is 1. The molecule has 2 aromatic carbocycles. The summed E-state index contributed by atoms with van der Waals surface area (Å²) < 4.78 is 21.2. The number of nitrogens with one attached hydrogen (secondary N) is 1. The lowest BCUT2D eigenvalue weighted by atomic mass is 10.1. The molecule has 0 heterocycles. The first kappa shape index (κ1) is 23.1. The van der Waals surface area contributed by atoms with Crippen molar-refractivity contribution in [1.82, 2.24) is 5.32 Å². The van der Waals surface area contributed by atoms with Gasteiger partial charge in [-0.1, -0.05) is 12.1 Å². The number of carbonyl (C=O) groups is 2. The molecule has 7 nitrogen and oxygen atoms in total. The van der Waals surface area contributed by atoms with Crippen molar-refractivity contribution in [2.45, 2.75) is 32.7 Å². The molecule has 1 unspecified atom stereocenters. The number of ether oxygens (including phenoxy) is 4. The Kier molecular flexibility index (Phi) is 9.00. The van der Waals surface area contributed by atoms with Crippen LogP contribution in [0, 0.1) is 6.92 Å². The summed E-state index contributed by atoms with van der Waals surface area (Å²) in [6.07, 6.45) is 0.685. The van der Waals surface area contributed by atoms with Crippen molar-refractivity contribution in [3.63, 3.8) is 0 Å². The summed E-state index contributed by atoms with van der Waals surface area (Å²) in [6.45, 7) is 3.87. The highest BCUT2D eigenvalue weighted by Gasteiger charge is 2.16. The topological polar surface area (TPSA) is 83.1 Å².